The van der Waals surface area contributed by atoms with E-state index in [4.69, 9.17) is 9.97 Å². The monoisotopic (exact) mass is 550 g/mol. The van der Waals surface area contributed by atoms with E-state index in [0.29, 0.717) is 5.82 Å². The molecule has 43 heavy (non-hydrogen) atoms. The number of hydrogen-bond donors (Lipinski definition) is 0. The Hall–Kier alpha value is -5.87. The largest absolute Gasteiger partial charge is 0.309 e. The number of para-hydroxylation sites is 2. The molecule has 8 aromatic rings. The van der Waals surface area contributed by atoms with Crippen molar-refractivity contribution in [2.24, 2.45) is 0 Å². The Labute approximate surface area is 249 Å². The van der Waals surface area contributed by atoms with Crippen LogP contribution >= 0.6 is 0 Å². The summed E-state index contributed by atoms with van der Waals surface area (Å²) in [5.41, 5.74) is 10.3. The molecule has 4 heteroatoms. The van der Waals surface area contributed by atoms with Gasteiger partial charge in [0.1, 0.15) is 0 Å². The summed E-state index contributed by atoms with van der Waals surface area (Å²) in [6.07, 6.45) is 1.80. The van der Waals surface area contributed by atoms with Gasteiger partial charge in [-0.25, -0.2) is 9.97 Å². The van der Waals surface area contributed by atoms with Crippen molar-refractivity contribution < 1.29 is 0 Å². The summed E-state index contributed by atoms with van der Waals surface area (Å²) in [6.45, 7) is 0. The maximum absolute atomic E-state index is 5.05. The molecule has 0 N–H and O–H groups in total. The van der Waals surface area contributed by atoms with Gasteiger partial charge < -0.3 is 4.57 Å². The lowest BCUT2D eigenvalue weighted by Gasteiger charge is -2.11. The van der Waals surface area contributed by atoms with Crippen LogP contribution in [0.3, 0.4) is 0 Å². The Balaban J connectivity index is 1.22. The van der Waals surface area contributed by atoms with Gasteiger partial charge in [0.2, 0.25) is 0 Å². The maximum Gasteiger partial charge on any atom is 0.160 e. The number of benzene rings is 5. The molecule has 0 saturated carbocycles. The van der Waals surface area contributed by atoms with Crippen LogP contribution in [0.25, 0.3) is 72.7 Å². The smallest absolute Gasteiger partial charge is 0.160 e. The van der Waals surface area contributed by atoms with Crippen LogP contribution in [0, 0.1) is 0 Å². The second-order valence-electron chi connectivity index (χ2n) is 10.5. The Kier molecular flexibility index (Phi) is 6.08. The second kappa shape index (κ2) is 10.5. The van der Waals surface area contributed by atoms with Gasteiger partial charge in [0.25, 0.3) is 0 Å². The van der Waals surface area contributed by atoms with Gasteiger partial charge in [-0.1, -0.05) is 109 Å². The van der Waals surface area contributed by atoms with E-state index in [0.717, 1.165) is 39.5 Å². The molecule has 0 amide bonds. The number of pyridine rings is 1. The fourth-order valence-corrected chi connectivity index (χ4v) is 5.79. The molecule has 202 valence electrons. The zero-order valence-corrected chi connectivity index (χ0v) is 23.3. The molecule has 3 heterocycles. The fourth-order valence-electron chi connectivity index (χ4n) is 5.79. The standard InChI is InChI=1S/C39H26N4/c1-2-10-27(11-3-1)28-17-19-30(20-18-28)39-41-35(26-36(42-39)34-14-8-9-25-40-34)29-21-23-31(24-22-29)43-37-15-6-4-12-32(37)33-13-5-7-16-38(33)43/h1-26H. The zero-order chi connectivity index (χ0) is 28.6. The molecule has 0 unspecified atom stereocenters. The predicted molar refractivity (Wildman–Crippen MR) is 176 cm³/mol. The first-order valence-corrected chi connectivity index (χ1v) is 14.4. The third kappa shape index (κ3) is 4.55. The van der Waals surface area contributed by atoms with Crippen molar-refractivity contribution in [2.75, 3.05) is 0 Å². The van der Waals surface area contributed by atoms with Crippen molar-refractivity contribution in [3.63, 3.8) is 0 Å². The lowest BCUT2D eigenvalue weighted by molar-refractivity contribution is 1.16. The quantitative estimate of drug-likeness (QED) is 0.214. The molecule has 4 nitrogen and oxygen atoms in total. The number of rotatable bonds is 5. The van der Waals surface area contributed by atoms with Gasteiger partial charge >= 0.3 is 0 Å². The second-order valence-corrected chi connectivity index (χ2v) is 10.5. The van der Waals surface area contributed by atoms with Crippen LogP contribution in [-0.4, -0.2) is 19.5 Å². The molecule has 0 atom stereocenters. The Morgan fingerprint density at radius 2 is 0.953 bits per heavy atom. The Morgan fingerprint density at radius 3 is 1.63 bits per heavy atom. The zero-order valence-electron chi connectivity index (χ0n) is 23.3. The van der Waals surface area contributed by atoms with Gasteiger partial charge in [-0.3, -0.25) is 4.98 Å². The molecule has 0 aliphatic carbocycles. The van der Waals surface area contributed by atoms with Crippen molar-refractivity contribution in [1.29, 1.82) is 0 Å². The molecular weight excluding hydrogens is 524 g/mol. The highest BCUT2D eigenvalue weighted by molar-refractivity contribution is 6.09. The van der Waals surface area contributed by atoms with E-state index in [1.54, 1.807) is 6.20 Å². The van der Waals surface area contributed by atoms with E-state index in [1.165, 1.54) is 27.4 Å². The normalized spacial score (nSPS) is 11.3. The average molecular weight is 551 g/mol. The van der Waals surface area contributed by atoms with Crippen LogP contribution in [0.1, 0.15) is 0 Å². The van der Waals surface area contributed by atoms with Crippen LogP contribution in [-0.2, 0) is 0 Å². The molecule has 8 rings (SSSR count). The van der Waals surface area contributed by atoms with Crippen molar-refractivity contribution in [3.8, 4) is 50.8 Å². The lowest BCUT2D eigenvalue weighted by Crippen LogP contribution is -1.97. The third-order valence-corrected chi connectivity index (χ3v) is 7.91. The molecule has 0 radical (unpaired) electrons. The number of fused-ring (bicyclic) bond motifs is 3. The molecule has 5 aromatic carbocycles. The summed E-state index contributed by atoms with van der Waals surface area (Å²) in [5, 5.41) is 2.50. The maximum atomic E-state index is 5.05. The van der Waals surface area contributed by atoms with Gasteiger partial charge in [0.15, 0.2) is 5.82 Å². The van der Waals surface area contributed by atoms with E-state index in [9.17, 15) is 0 Å². The molecular formula is C39H26N4. The minimum absolute atomic E-state index is 0.671. The van der Waals surface area contributed by atoms with Crippen molar-refractivity contribution >= 4 is 21.8 Å². The highest BCUT2D eigenvalue weighted by Gasteiger charge is 2.14. The summed E-state index contributed by atoms with van der Waals surface area (Å²) in [5.74, 6) is 0.671. The van der Waals surface area contributed by atoms with Gasteiger partial charge in [0, 0.05) is 33.8 Å². The van der Waals surface area contributed by atoms with Crippen molar-refractivity contribution in [1.82, 2.24) is 19.5 Å². The highest BCUT2D eigenvalue weighted by atomic mass is 15.0. The van der Waals surface area contributed by atoms with Crippen molar-refractivity contribution in [3.05, 3.63) is 158 Å². The van der Waals surface area contributed by atoms with Crippen LogP contribution in [0.4, 0.5) is 0 Å². The SMILES string of the molecule is c1ccc(-c2ccc(-c3nc(-c4ccc(-n5c6ccccc6c6ccccc65)cc4)cc(-c4ccccn4)n3)cc2)cc1. The van der Waals surface area contributed by atoms with Crippen molar-refractivity contribution in [2.45, 2.75) is 0 Å². The van der Waals surface area contributed by atoms with Gasteiger partial charge in [-0.15, -0.1) is 0 Å². The first kappa shape index (κ1) is 24.9. The molecule has 3 aromatic heterocycles. The third-order valence-electron chi connectivity index (χ3n) is 7.91. The summed E-state index contributed by atoms with van der Waals surface area (Å²) in [7, 11) is 0. The first-order valence-electron chi connectivity index (χ1n) is 14.4. The van der Waals surface area contributed by atoms with E-state index in [-0.39, 0.29) is 0 Å². The highest BCUT2D eigenvalue weighted by Crippen LogP contribution is 2.33. The van der Waals surface area contributed by atoms with Gasteiger partial charge in [-0.2, -0.15) is 0 Å². The number of nitrogens with zero attached hydrogens (tertiary/aromatic N) is 4. The fraction of sp³-hybridized carbons (Fsp3) is 0. The molecule has 0 spiro atoms. The average Bonchev–Trinajstić information content (AvgIpc) is 3.43. The van der Waals surface area contributed by atoms with E-state index in [2.05, 4.69) is 131 Å². The molecule has 0 fully saturated rings. The van der Waals surface area contributed by atoms with E-state index in [1.807, 2.05) is 30.3 Å². The summed E-state index contributed by atoms with van der Waals surface area (Å²) in [6, 6.07) is 52.5. The summed E-state index contributed by atoms with van der Waals surface area (Å²) >= 11 is 0. The molecule has 0 aliphatic rings. The topological polar surface area (TPSA) is 43.6 Å². The van der Waals surface area contributed by atoms with Gasteiger partial charge in [-0.05, 0) is 53.6 Å². The molecule has 0 saturated heterocycles. The van der Waals surface area contributed by atoms with E-state index >= 15 is 0 Å². The van der Waals surface area contributed by atoms with Crippen LogP contribution in [0.2, 0.25) is 0 Å². The first-order chi connectivity index (χ1) is 21.3. The van der Waals surface area contributed by atoms with Crippen LogP contribution in [0.15, 0.2) is 158 Å². The molecule has 0 aliphatic heterocycles. The molecule has 0 bridgehead atoms. The minimum atomic E-state index is 0.671. The van der Waals surface area contributed by atoms with E-state index < -0.39 is 0 Å². The lowest BCUT2D eigenvalue weighted by atomic mass is 10.0. The Morgan fingerprint density at radius 1 is 0.395 bits per heavy atom. The summed E-state index contributed by atoms with van der Waals surface area (Å²) < 4.78 is 2.33. The minimum Gasteiger partial charge on any atom is -0.309 e. The van der Waals surface area contributed by atoms with Gasteiger partial charge in [0.05, 0.1) is 28.1 Å². The predicted octanol–water partition coefficient (Wildman–Crippen LogP) is 9.64. The summed E-state index contributed by atoms with van der Waals surface area (Å²) in [4.78, 5) is 14.6. The number of hydrogen-bond acceptors (Lipinski definition) is 3. The Bertz CT molecular complexity index is 2150. The number of aromatic nitrogens is 4. The van der Waals surface area contributed by atoms with Crippen LogP contribution < -0.4 is 0 Å². The van der Waals surface area contributed by atoms with Crippen LogP contribution in [0.5, 0.6) is 0 Å².